The maximum atomic E-state index is 14.0. The molecule has 1 amide bonds. The van der Waals surface area contributed by atoms with Crippen LogP contribution in [0.25, 0.3) is 0 Å². The van der Waals surface area contributed by atoms with Gasteiger partial charge >= 0.3 is 0 Å². The summed E-state index contributed by atoms with van der Waals surface area (Å²) in [4.78, 5) is 24.1. The van der Waals surface area contributed by atoms with Crippen molar-refractivity contribution in [2.75, 3.05) is 39.3 Å². The topological polar surface area (TPSA) is 48.9 Å². The van der Waals surface area contributed by atoms with Gasteiger partial charge in [0, 0.05) is 63.1 Å². The summed E-state index contributed by atoms with van der Waals surface area (Å²) in [6, 6.07) is 16.6. The Morgan fingerprint density at radius 3 is 2.16 bits per heavy atom. The Hall–Kier alpha value is -3.00. The third-order valence-corrected chi connectivity index (χ3v) is 7.90. The second-order valence-corrected chi connectivity index (χ2v) is 10.5. The second-order valence-electron chi connectivity index (χ2n) is 10.1. The Labute approximate surface area is 229 Å². The number of likely N-dealkylation sites (tertiary alicyclic amines) is 1. The summed E-state index contributed by atoms with van der Waals surface area (Å²) >= 11 is 6.08. The Bertz CT molecular complexity index is 1170. The average Bonchev–Trinajstić information content (AvgIpc) is 2.95. The third kappa shape index (κ3) is 6.90. The van der Waals surface area contributed by atoms with Gasteiger partial charge in [-0.3, -0.25) is 19.6 Å². The zero-order chi connectivity index (χ0) is 26.3. The number of rotatable bonds is 8. The molecule has 200 valence electrons. The van der Waals surface area contributed by atoms with Gasteiger partial charge in [0.1, 0.15) is 18.2 Å². The molecule has 3 heterocycles. The van der Waals surface area contributed by atoms with Gasteiger partial charge in [0.05, 0.1) is 5.02 Å². The van der Waals surface area contributed by atoms with E-state index in [1.54, 1.807) is 12.1 Å². The normalized spacial score (nSPS) is 17.5. The number of pyridine rings is 1. The molecule has 2 aromatic carbocycles. The van der Waals surface area contributed by atoms with Gasteiger partial charge in [-0.2, -0.15) is 0 Å². The van der Waals surface area contributed by atoms with E-state index in [-0.39, 0.29) is 18.3 Å². The van der Waals surface area contributed by atoms with E-state index in [0.717, 1.165) is 65.2 Å². The molecule has 5 rings (SSSR count). The number of aromatic nitrogens is 1. The minimum atomic E-state index is -0.363. The lowest BCUT2D eigenvalue weighted by atomic mass is 9.94. The summed E-state index contributed by atoms with van der Waals surface area (Å²) in [6.07, 6.45) is 5.53. The van der Waals surface area contributed by atoms with Crippen molar-refractivity contribution in [1.82, 2.24) is 19.7 Å². The van der Waals surface area contributed by atoms with Crippen LogP contribution in [-0.2, 0) is 24.5 Å². The lowest BCUT2D eigenvalue weighted by molar-refractivity contribution is -0.139. The van der Waals surface area contributed by atoms with Crippen molar-refractivity contribution in [1.29, 1.82) is 0 Å². The molecule has 6 nitrogen and oxygen atoms in total. The molecule has 2 aliphatic heterocycles. The van der Waals surface area contributed by atoms with E-state index in [4.69, 9.17) is 16.3 Å². The molecule has 8 heteroatoms. The highest BCUT2D eigenvalue weighted by molar-refractivity contribution is 6.31. The molecule has 1 aromatic heterocycles. The number of benzene rings is 2. The summed E-state index contributed by atoms with van der Waals surface area (Å²) in [5, 5.41) is 0.366. The van der Waals surface area contributed by atoms with Crippen molar-refractivity contribution >= 4 is 17.5 Å². The summed E-state index contributed by atoms with van der Waals surface area (Å²) in [6.45, 7) is 7.07. The number of carbonyl (C=O) groups is 1. The number of ether oxygens (including phenoxy) is 1. The average molecular weight is 537 g/mol. The number of hydrogen-bond acceptors (Lipinski definition) is 5. The van der Waals surface area contributed by atoms with Gasteiger partial charge in [-0.15, -0.1) is 0 Å². The van der Waals surface area contributed by atoms with Gasteiger partial charge in [-0.05, 0) is 73.5 Å². The SMILES string of the molecule is O=C(C1CCN(Cc2ccncc2)CC1)N1CCN(Cc2ccc(OCc3c(F)cccc3Cl)cc2)CC1. The first-order valence-corrected chi connectivity index (χ1v) is 13.7. The van der Waals surface area contributed by atoms with E-state index in [0.29, 0.717) is 22.2 Å². The van der Waals surface area contributed by atoms with E-state index in [2.05, 4.69) is 31.8 Å². The van der Waals surface area contributed by atoms with Gasteiger partial charge in [0.15, 0.2) is 0 Å². The fourth-order valence-corrected chi connectivity index (χ4v) is 5.46. The monoisotopic (exact) mass is 536 g/mol. The molecule has 2 fully saturated rings. The standard InChI is InChI=1S/C30H34ClFN4O2/c31-28-2-1-3-29(32)27(28)22-38-26-6-4-23(5-7-26)20-35-16-18-36(19-17-35)30(37)25-10-14-34(15-11-25)21-24-8-12-33-13-9-24/h1-9,12-13,25H,10-11,14-22H2. The molecule has 0 saturated carbocycles. The summed E-state index contributed by atoms with van der Waals surface area (Å²) in [7, 11) is 0. The van der Waals surface area contributed by atoms with Crippen LogP contribution in [0, 0.1) is 11.7 Å². The first-order valence-electron chi connectivity index (χ1n) is 13.3. The van der Waals surface area contributed by atoms with E-state index >= 15 is 0 Å². The zero-order valence-corrected chi connectivity index (χ0v) is 22.3. The first-order chi connectivity index (χ1) is 18.5. The maximum Gasteiger partial charge on any atom is 0.225 e. The van der Waals surface area contributed by atoms with Crippen molar-refractivity contribution in [3.63, 3.8) is 0 Å². The number of hydrogen-bond donors (Lipinski definition) is 0. The van der Waals surface area contributed by atoms with Crippen LogP contribution in [0.1, 0.15) is 29.5 Å². The first kappa shape index (κ1) is 26.6. The van der Waals surface area contributed by atoms with Crippen molar-refractivity contribution in [3.05, 3.63) is 94.5 Å². The van der Waals surface area contributed by atoms with Crippen molar-refractivity contribution in [3.8, 4) is 5.75 Å². The molecular weight excluding hydrogens is 503 g/mol. The van der Waals surface area contributed by atoms with E-state index in [1.165, 1.54) is 17.2 Å². The van der Waals surface area contributed by atoms with Gasteiger partial charge in [0.2, 0.25) is 5.91 Å². The number of amides is 1. The number of carbonyl (C=O) groups excluding carboxylic acids is 1. The highest BCUT2D eigenvalue weighted by Crippen LogP contribution is 2.24. The van der Waals surface area contributed by atoms with Crippen LogP contribution in [0.4, 0.5) is 4.39 Å². The molecule has 0 aliphatic carbocycles. The third-order valence-electron chi connectivity index (χ3n) is 7.55. The molecule has 0 N–H and O–H groups in total. The van der Waals surface area contributed by atoms with Crippen LogP contribution in [0.15, 0.2) is 67.0 Å². The van der Waals surface area contributed by atoms with Crippen LogP contribution in [-0.4, -0.2) is 64.9 Å². The van der Waals surface area contributed by atoms with Gasteiger partial charge in [-0.1, -0.05) is 29.8 Å². The molecule has 3 aromatic rings. The highest BCUT2D eigenvalue weighted by Gasteiger charge is 2.30. The lowest BCUT2D eigenvalue weighted by Crippen LogP contribution is -2.51. The fourth-order valence-electron chi connectivity index (χ4n) is 5.24. The Morgan fingerprint density at radius 1 is 0.868 bits per heavy atom. The Morgan fingerprint density at radius 2 is 1.50 bits per heavy atom. The predicted molar refractivity (Wildman–Crippen MR) is 146 cm³/mol. The fraction of sp³-hybridized carbons (Fsp3) is 0.400. The predicted octanol–water partition coefficient (Wildman–Crippen LogP) is 5.01. The van der Waals surface area contributed by atoms with Gasteiger partial charge in [0.25, 0.3) is 0 Å². The number of piperazine rings is 1. The van der Waals surface area contributed by atoms with Crippen LogP contribution in [0.5, 0.6) is 5.75 Å². The van der Waals surface area contributed by atoms with E-state index in [9.17, 15) is 9.18 Å². The second kappa shape index (κ2) is 12.7. The molecule has 0 bridgehead atoms. The Balaban J connectivity index is 1.03. The summed E-state index contributed by atoms with van der Waals surface area (Å²) in [5.74, 6) is 0.778. The molecule has 0 spiro atoms. The summed E-state index contributed by atoms with van der Waals surface area (Å²) in [5.41, 5.74) is 2.82. The van der Waals surface area contributed by atoms with Crippen LogP contribution >= 0.6 is 11.6 Å². The molecule has 0 unspecified atom stereocenters. The largest absolute Gasteiger partial charge is 0.489 e. The molecular formula is C30H34ClFN4O2. The molecule has 38 heavy (non-hydrogen) atoms. The molecule has 0 radical (unpaired) electrons. The minimum absolute atomic E-state index is 0.0879. The lowest BCUT2D eigenvalue weighted by Gasteiger charge is -2.38. The minimum Gasteiger partial charge on any atom is -0.489 e. The highest BCUT2D eigenvalue weighted by atomic mass is 35.5. The molecule has 2 aliphatic rings. The summed E-state index contributed by atoms with van der Waals surface area (Å²) < 4.78 is 19.7. The molecule has 0 atom stereocenters. The zero-order valence-electron chi connectivity index (χ0n) is 21.6. The number of piperidine rings is 1. The van der Waals surface area contributed by atoms with Gasteiger partial charge < -0.3 is 9.64 Å². The van der Waals surface area contributed by atoms with Crippen molar-refractivity contribution in [2.45, 2.75) is 32.5 Å². The number of nitrogens with zero attached hydrogens (tertiary/aromatic N) is 4. The van der Waals surface area contributed by atoms with Crippen molar-refractivity contribution < 1.29 is 13.9 Å². The molecule has 2 saturated heterocycles. The smallest absolute Gasteiger partial charge is 0.225 e. The van der Waals surface area contributed by atoms with Crippen LogP contribution < -0.4 is 4.74 Å². The van der Waals surface area contributed by atoms with Crippen LogP contribution in [0.3, 0.4) is 0 Å². The van der Waals surface area contributed by atoms with E-state index < -0.39 is 0 Å². The van der Waals surface area contributed by atoms with Gasteiger partial charge in [-0.25, -0.2) is 4.39 Å². The quantitative estimate of drug-likeness (QED) is 0.405. The van der Waals surface area contributed by atoms with Crippen molar-refractivity contribution in [2.24, 2.45) is 5.92 Å². The Kier molecular flexibility index (Phi) is 8.89. The number of halogens is 2. The van der Waals surface area contributed by atoms with E-state index in [1.807, 2.05) is 36.7 Å². The van der Waals surface area contributed by atoms with Crippen LogP contribution in [0.2, 0.25) is 5.02 Å². The maximum absolute atomic E-state index is 14.0.